The summed E-state index contributed by atoms with van der Waals surface area (Å²) in [4.78, 5) is 24.6. The molecule has 2 N–H and O–H groups in total. The number of hydrogen-bond donors (Lipinski definition) is 2. The minimum atomic E-state index is -1.27. The van der Waals surface area contributed by atoms with Crippen LogP contribution in [0.25, 0.3) is 0 Å². The largest absolute Gasteiger partial charge is 0.481 e. The Kier molecular flexibility index (Phi) is 4.43. The molecule has 12 heavy (non-hydrogen) atoms. The Morgan fingerprint density at radius 2 is 1.92 bits per heavy atom. The topological polar surface area (TPSA) is 96.2 Å². The normalized spacial score (nSPS) is 10.9. The van der Waals surface area contributed by atoms with Gasteiger partial charge >= 0.3 is 11.9 Å². The zero-order valence-electron chi connectivity index (χ0n) is 6.48. The average molecular weight is 175 g/mol. The first kappa shape index (κ1) is 10.4. The fourth-order valence-corrected chi connectivity index (χ4v) is 0.527. The first-order valence-electron chi connectivity index (χ1n) is 3.13. The molecule has 6 nitrogen and oxygen atoms in total. The molecule has 0 bridgehead atoms. The van der Waals surface area contributed by atoms with Gasteiger partial charge < -0.3 is 15.1 Å². The lowest BCUT2D eigenvalue weighted by Crippen LogP contribution is -2.14. The highest BCUT2D eigenvalue weighted by Crippen LogP contribution is 1.94. The Hall–Kier alpha value is -1.59. The predicted molar refractivity (Wildman–Crippen MR) is 38.9 cm³/mol. The van der Waals surface area contributed by atoms with E-state index in [4.69, 9.17) is 10.2 Å². The molecule has 0 aliphatic rings. The summed E-state index contributed by atoms with van der Waals surface area (Å²) in [6.45, 7) is 0. The van der Waals surface area contributed by atoms with Crippen LogP contribution in [0.5, 0.6) is 0 Å². The van der Waals surface area contributed by atoms with Gasteiger partial charge in [-0.2, -0.15) is 0 Å². The van der Waals surface area contributed by atoms with Crippen molar-refractivity contribution in [2.45, 2.75) is 12.8 Å². The molecule has 0 unspecified atom stereocenters. The Morgan fingerprint density at radius 3 is 2.25 bits per heavy atom. The van der Waals surface area contributed by atoms with Crippen molar-refractivity contribution in [1.82, 2.24) is 0 Å². The van der Waals surface area contributed by atoms with Crippen molar-refractivity contribution in [3.63, 3.8) is 0 Å². The molecule has 0 amide bonds. The minimum absolute atomic E-state index is 0.140. The van der Waals surface area contributed by atoms with E-state index in [2.05, 4.69) is 9.99 Å². The van der Waals surface area contributed by atoms with E-state index in [9.17, 15) is 9.59 Å². The molecular formula is C6H9NO5. The molecule has 68 valence electrons. The zero-order chi connectivity index (χ0) is 9.56. The lowest BCUT2D eigenvalue weighted by atomic mass is 10.2. The number of aliphatic carboxylic acids is 2. The van der Waals surface area contributed by atoms with Gasteiger partial charge in [0, 0.05) is 6.42 Å². The van der Waals surface area contributed by atoms with Crippen molar-refractivity contribution in [2.75, 3.05) is 7.11 Å². The number of rotatable bonds is 5. The maximum absolute atomic E-state index is 10.3. The van der Waals surface area contributed by atoms with Gasteiger partial charge in [0.15, 0.2) is 5.71 Å². The van der Waals surface area contributed by atoms with Crippen molar-refractivity contribution in [1.29, 1.82) is 0 Å². The number of carboxylic acid groups (broad SMARTS) is 2. The van der Waals surface area contributed by atoms with Gasteiger partial charge in [-0.15, -0.1) is 0 Å². The minimum Gasteiger partial charge on any atom is -0.481 e. The fraction of sp³-hybridized carbons (Fsp3) is 0.500. The van der Waals surface area contributed by atoms with E-state index in [0.29, 0.717) is 0 Å². The van der Waals surface area contributed by atoms with Crippen LogP contribution in [0, 0.1) is 0 Å². The second kappa shape index (κ2) is 5.11. The summed E-state index contributed by atoms with van der Waals surface area (Å²) >= 11 is 0. The highest BCUT2D eigenvalue weighted by atomic mass is 16.6. The molecule has 0 atom stereocenters. The smallest absolute Gasteiger partial charge is 0.353 e. The molecule has 0 saturated heterocycles. The molecule has 0 aromatic carbocycles. The van der Waals surface area contributed by atoms with Crippen LogP contribution in [0.15, 0.2) is 5.16 Å². The Balaban J connectivity index is 4.06. The Labute approximate surface area is 68.4 Å². The third-order valence-corrected chi connectivity index (χ3v) is 1.02. The number of oxime groups is 1. The Bertz CT molecular complexity index is 210. The zero-order valence-corrected chi connectivity index (χ0v) is 6.48. The third kappa shape index (κ3) is 4.26. The van der Waals surface area contributed by atoms with Crippen molar-refractivity contribution in [3.8, 4) is 0 Å². The number of carbonyl (C=O) groups is 2. The maximum atomic E-state index is 10.3. The van der Waals surface area contributed by atoms with Crippen LogP contribution in [-0.4, -0.2) is 35.0 Å². The second-order valence-corrected chi connectivity index (χ2v) is 1.92. The summed E-state index contributed by atoms with van der Waals surface area (Å²) < 4.78 is 0. The highest BCUT2D eigenvalue weighted by molar-refractivity contribution is 6.35. The molecule has 0 aliphatic carbocycles. The van der Waals surface area contributed by atoms with Gasteiger partial charge in [0.05, 0.1) is 6.42 Å². The van der Waals surface area contributed by atoms with E-state index in [1.54, 1.807) is 0 Å². The molecule has 0 aromatic rings. The number of carboxylic acids is 2. The van der Waals surface area contributed by atoms with Gasteiger partial charge in [0.25, 0.3) is 0 Å². The predicted octanol–water partition coefficient (Wildman–Crippen LogP) is -0.0618. The van der Waals surface area contributed by atoms with Gasteiger partial charge in [-0.3, -0.25) is 4.79 Å². The van der Waals surface area contributed by atoms with Gasteiger partial charge in [0.2, 0.25) is 0 Å². The SMILES string of the molecule is CO/N=C(\CCC(=O)O)C(=O)O. The standard InChI is InChI=1S/C6H9NO5/c1-12-7-4(6(10)11)2-3-5(8)9/h2-3H2,1H3,(H,8,9)(H,10,11)/b7-4+. The lowest BCUT2D eigenvalue weighted by Gasteiger charge is -1.96. The lowest BCUT2D eigenvalue weighted by molar-refractivity contribution is -0.136. The molecule has 0 heterocycles. The summed E-state index contributed by atoms with van der Waals surface area (Å²) in [7, 11) is 1.20. The summed E-state index contributed by atoms with van der Waals surface area (Å²) in [5.41, 5.74) is -0.292. The summed E-state index contributed by atoms with van der Waals surface area (Å²) in [6, 6.07) is 0. The van der Waals surface area contributed by atoms with Gasteiger partial charge in [-0.05, 0) is 0 Å². The molecule has 0 fully saturated rings. The van der Waals surface area contributed by atoms with E-state index in [0.717, 1.165) is 0 Å². The van der Waals surface area contributed by atoms with Crippen molar-refractivity contribution in [3.05, 3.63) is 0 Å². The molecule has 0 radical (unpaired) electrons. The highest BCUT2D eigenvalue weighted by Gasteiger charge is 2.11. The molecule has 0 aliphatic heterocycles. The van der Waals surface area contributed by atoms with Crippen molar-refractivity contribution >= 4 is 17.7 Å². The van der Waals surface area contributed by atoms with Crippen molar-refractivity contribution in [2.24, 2.45) is 5.16 Å². The summed E-state index contributed by atoms with van der Waals surface area (Å²) in [5.74, 6) is -2.34. The molecule has 0 spiro atoms. The van der Waals surface area contributed by atoms with Crippen LogP contribution < -0.4 is 0 Å². The molecule has 0 rings (SSSR count). The first-order chi connectivity index (χ1) is 5.57. The van der Waals surface area contributed by atoms with Crippen LogP contribution in [0.1, 0.15) is 12.8 Å². The quantitative estimate of drug-likeness (QED) is 0.450. The van der Waals surface area contributed by atoms with Crippen molar-refractivity contribution < 1.29 is 24.6 Å². The molecular weight excluding hydrogens is 166 g/mol. The van der Waals surface area contributed by atoms with E-state index in [1.807, 2.05) is 0 Å². The van der Waals surface area contributed by atoms with Crippen LogP contribution >= 0.6 is 0 Å². The number of hydrogen-bond acceptors (Lipinski definition) is 4. The van der Waals surface area contributed by atoms with E-state index >= 15 is 0 Å². The van der Waals surface area contributed by atoms with Crippen LogP contribution in [-0.2, 0) is 14.4 Å². The number of nitrogens with zero attached hydrogens (tertiary/aromatic N) is 1. The van der Waals surface area contributed by atoms with E-state index in [1.165, 1.54) is 7.11 Å². The van der Waals surface area contributed by atoms with Crippen LogP contribution in [0.3, 0.4) is 0 Å². The van der Waals surface area contributed by atoms with Gasteiger partial charge in [-0.1, -0.05) is 5.16 Å². The monoisotopic (exact) mass is 175 g/mol. The average Bonchev–Trinajstić information content (AvgIpc) is 1.96. The van der Waals surface area contributed by atoms with E-state index < -0.39 is 11.9 Å². The fourth-order valence-electron chi connectivity index (χ4n) is 0.527. The van der Waals surface area contributed by atoms with E-state index in [-0.39, 0.29) is 18.6 Å². The van der Waals surface area contributed by atoms with Crippen LogP contribution in [0.4, 0.5) is 0 Å². The second-order valence-electron chi connectivity index (χ2n) is 1.92. The first-order valence-corrected chi connectivity index (χ1v) is 3.13. The third-order valence-electron chi connectivity index (χ3n) is 1.02. The van der Waals surface area contributed by atoms with Gasteiger partial charge in [-0.25, -0.2) is 4.79 Å². The Morgan fingerprint density at radius 1 is 1.33 bits per heavy atom. The molecule has 6 heteroatoms. The van der Waals surface area contributed by atoms with Crippen LogP contribution in [0.2, 0.25) is 0 Å². The summed E-state index contributed by atoms with van der Waals surface area (Å²) in [6.07, 6.45) is -0.410. The molecule has 0 saturated carbocycles. The summed E-state index contributed by atoms with van der Waals surface area (Å²) in [5, 5.41) is 19.8. The maximum Gasteiger partial charge on any atom is 0.353 e. The van der Waals surface area contributed by atoms with Gasteiger partial charge in [0.1, 0.15) is 7.11 Å². The molecule has 0 aromatic heterocycles.